The molecule has 6 nitrogen and oxygen atoms in total. The van der Waals surface area contributed by atoms with Gasteiger partial charge in [0.05, 0.1) is 25.5 Å². The Hall–Kier alpha value is -0.570. The van der Waals surface area contributed by atoms with Crippen molar-refractivity contribution in [3.63, 3.8) is 0 Å². The van der Waals surface area contributed by atoms with Crippen LogP contribution in [0.1, 0.15) is 36.4 Å². The maximum atomic E-state index is 11.2. The summed E-state index contributed by atoms with van der Waals surface area (Å²) in [6.45, 7) is 8.83. The fourth-order valence-electron chi connectivity index (χ4n) is 4.42. The Labute approximate surface area is 160 Å². The van der Waals surface area contributed by atoms with E-state index in [0.717, 1.165) is 69.5 Å². The fourth-order valence-corrected chi connectivity index (χ4v) is 5.35. The van der Waals surface area contributed by atoms with Gasteiger partial charge in [-0.3, -0.25) is 4.90 Å². The SMILES string of the molecule is CN1CCC(N2CCC(O)(c3csc(CN4CCOCC4)n3)CC2)CC1. The lowest BCUT2D eigenvalue weighted by Gasteiger charge is -2.43. The topological polar surface area (TPSA) is 52.1 Å². The van der Waals surface area contributed by atoms with Crippen LogP contribution in [0.4, 0.5) is 0 Å². The van der Waals surface area contributed by atoms with Crippen LogP contribution >= 0.6 is 11.3 Å². The minimum Gasteiger partial charge on any atom is -0.383 e. The Bertz CT molecular complexity index is 574. The number of rotatable bonds is 4. The molecule has 0 radical (unpaired) electrons. The van der Waals surface area contributed by atoms with Gasteiger partial charge < -0.3 is 19.6 Å². The average molecular weight is 381 g/mol. The second kappa shape index (κ2) is 8.20. The summed E-state index contributed by atoms with van der Waals surface area (Å²) in [5.74, 6) is 0. The first-order valence-electron chi connectivity index (χ1n) is 10.0. The quantitative estimate of drug-likeness (QED) is 0.851. The van der Waals surface area contributed by atoms with Crippen LogP contribution in [-0.4, -0.2) is 90.4 Å². The highest BCUT2D eigenvalue weighted by Crippen LogP contribution is 2.35. The number of piperidine rings is 2. The summed E-state index contributed by atoms with van der Waals surface area (Å²) in [5, 5.41) is 14.4. The molecule has 0 atom stereocenters. The van der Waals surface area contributed by atoms with Crippen LogP contribution < -0.4 is 0 Å². The van der Waals surface area contributed by atoms with E-state index >= 15 is 0 Å². The van der Waals surface area contributed by atoms with Crippen LogP contribution in [0, 0.1) is 0 Å². The van der Waals surface area contributed by atoms with E-state index in [1.54, 1.807) is 11.3 Å². The summed E-state index contributed by atoms with van der Waals surface area (Å²) in [4.78, 5) is 12.2. The highest BCUT2D eigenvalue weighted by atomic mass is 32.1. The van der Waals surface area contributed by atoms with Gasteiger partial charge in [0, 0.05) is 37.6 Å². The van der Waals surface area contributed by atoms with Crippen molar-refractivity contribution in [1.82, 2.24) is 19.7 Å². The zero-order valence-electron chi connectivity index (χ0n) is 15.9. The summed E-state index contributed by atoms with van der Waals surface area (Å²) in [5.41, 5.74) is 0.163. The number of morpholine rings is 1. The van der Waals surface area contributed by atoms with Crippen molar-refractivity contribution in [2.45, 2.75) is 43.9 Å². The van der Waals surface area contributed by atoms with Crippen molar-refractivity contribution < 1.29 is 9.84 Å². The summed E-state index contributed by atoms with van der Waals surface area (Å²) < 4.78 is 5.41. The second-order valence-electron chi connectivity index (χ2n) is 8.12. The van der Waals surface area contributed by atoms with Crippen LogP contribution in [0.15, 0.2) is 5.38 Å². The Kier molecular flexibility index (Phi) is 5.93. The molecule has 3 fully saturated rings. The molecule has 26 heavy (non-hydrogen) atoms. The Morgan fingerprint density at radius 1 is 1.15 bits per heavy atom. The number of ether oxygens (including phenoxy) is 1. The van der Waals surface area contributed by atoms with E-state index < -0.39 is 5.60 Å². The first-order chi connectivity index (χ1) is 12.6. The van der Waals surface area contributed by atoms with Crippen molar-refractivity contribution in [1.29, 1.82) is 0 Å². The highest BCUT2D eigenvalue weighted by molar-refractivity contribution is 7.09. The number of hydrogen-bond acceptors (Lipinski definition) is 7. The fraction of sp³-hybridized carbons (Fsp3) is 0.842. The van der Waals surface area contributed by atoms with E-state index in [9.17, 15) is 5.11 Å². The minimum atomic E-state index is -0.734. The van der Waals surface area contributed by atoms with Gasteiger partial charge in [-0.2, -0.15) is 0 Å². The number of aliphatic hydroxyl groups is 1. The molecule has 0 aliphatic carbocycles. The van der Waals surface area contributed by atoms with Gasteiger partial charge in [0.1, 0.15) is 10.6 Å². The van der Waals surface area contributed by atoms with E-state index in [2.05, 4.69) is 27.1 Å². The molecule has 0 aromatic carbocycles. The predicted molar refractivity (Wildman–Crippen MR) is 103 cm³/mol. The Morgan fingerprint density at radius 3 is 2.54 bits per heavy atom. The van der Waals surface area contributed by atoms with E-state index in [0.29, 0.717) is 6.04 Å². The molecule has 1 aromatic rings. The number of aromatic nitrogens is 1. The molecular formula is C19H32N4O2S. The monoisotopic (exact) mass is 380 g/mol. The first-order valence-corrected chi connectivity index (χ1v) is 10.9. The summed E-state index contributed by atoms with van der Waals surface area (Å²) in [7, 11) is 2.21. The molecule has 4 heterocycles. The molecule has 146 valence electrons. The van der Waals surface area contributed by atoms with Gasteiger partial charge >= 0.3 is 0 Å². The molecule has 1 N–H and O–H groups in total. The van der Waals surface area contributed by atoms with Gasteiger partial charge in [0.25, 0.3) is 0 Å². The van der Waals surface area contributed by atoms with Crippen molar-refractivity contribution >= 4 is 11.3 Å². The Balaban J connectivity index is 1.32. The van der Waals surface area contributed by atoms with Crippen LogP contribution in [0.5, 0.6) is 0 Å². The zero-order valence-corrected chi connectivity index (χ0v) is 16.7. The molecule has 7 heteroatoms. The maximum Gasteiger partial charge on any atom is 0.110 e. The van der Waals surface area contributed by atoms with Crippen molar-refractivity contribution in [2.75, 3.05) is 59.5 Å². The largest absolute Gasteiger partial charge is 0.383 e. The van der Waals surface area contributed by atoms with Gasteiger partial charge in [-0.25, -0.2) is 4.98 Å². The Morgan fingerprint density at radius 2 is 1.85 bits per heavy atom. The van der Waals surface area contributed by atoms with Crippen LogP contribution in [-0.2, 0) is 16.9 Å². The molecular weight excluding hydrogens is 348 g/mol. The second-order valence-corrected chi connectivity index (χ2v) is 9.06. The lowest BCUT2D eigenvalue weighted by molar-refractivity contribution is -0.0440. The average Bonchev–Trinajstić information content (AvgIpc) is 3.13. The molecule has 0 saturated carbocycles. The maximum absolute atomic E-state index is 11.2. The third-order valence-electron chi connectivity index (χ3n) is 6.32. The summed E-state index contributed by atoms with van der Waals surface area (Å²) in [6, 6.07) is 0.697. The molecule has 0 amide bonds. The molecule has 0 bridgehead atoms. The normalized spacial score (nSPS) is 27.0. The van der Waals surface area contributed by atoms with Crippen LogP contribution in [0.25, 0.3) is 0 Å². The van der Waals surface area contributed by atoms with Crippen LogP contribution in [0.2, 0.25) is 0 Å². The highest BCUT2D eigenvalue weighted by Gasteiger charge is 2.38. The zero-order chi connectivity index (χ0) is 18.0. The third-order valence-corrected chi connectivity index (χ3v) is 7.15. The number of thiazole rings is 1. The van der Waals surface area contributed by atoms with Crippen molar-refractivity contribution in [2.24, 2.45) is 0 Å². The summed E-state index contributed by atoms with van der Waals surface area (Å²) in [6.07, 6.45) is 4.13. The van der Waals surface area contributed by atoms with E-state index in [-0.39, 0.29) is 0 Å². The van der Waals surface area contributed by atoms with E-state index in [4.69, 9.17) is 9.72 Å². The van der Waals surface area contributed by atoms with Crippen LogP contribution in [0.3, 0.4) is 0 Å². The van der Waals surface area contributed by atoms with Gasteiger partial charge in [0.2, 0.25) is 0 Å². The van der Waals surface area contributed by atoms with E-state index in [1.807, 2.05) is 0 Å². The predicted octanol–water partition coefficient (Wildman–Crippen LogP) is 1.35. The molecule has 3 aliphatic rings. The minimum absolute atomic E-state index is 0.697. The number of hydrogen-bond donors (Lipinski definition) is 1. The van der Waals surface area contributed by atoms with Gasteiger partial charge in [0.15, 0.2) is 0 Å². The molecule has 1 aromatic heterocycles. The molecule has 3 saturated heterocycles. The molecule has 0 unspecified atom stereocenters. The van der Waals surface area contributed by atoms with Gasteiger partial charge in [-0.15, -0.1) is 11.3 Å². The van der Waals surface area contributed by atoms with Gasteiger partial charge in [-0.05, 0) is 45.8 Å². The third kappa shape index (κ3) is 4.29. The number of nitrogens with zero attached hydrogens (tertiary/aromatic N) is 4. The lowest BCUT2D eigenvalue weighted by Crippen LogP contribution is -2.50. The van der Waals surface area contributed by atoms with Crippen molar-refractivity contribution in [3.8, 4) is 0 Å². The summed E-state index contributed by atoms with van der Waals surface area (Å²) >= 11 is 1.69. The number of likely N-dealkylation sites (tertiary alicyclic amines) is 2. The molecule has 3 aliphatic heterocycles. The van der Waals surface area contributed by atoms with Crippen molar-refractivity contribution in [3.05, 3.63) is 16.1 Å². The lowest BCUT2D eigenvalue weighted by atomic mass is 9.87. The van der Waals surface area contributed by atoms with Gasteiger partial charge in [-0.1, -0.05) is 0 Å². The first kappa shape index (κ1) is 18.8. The van der Waals surface area contributed by atoms with E-state index in [1.165, 1.54) is 25.9 Å². The molecule has 0 spiro atoms. The standard InChI is InChI=1S/C19H32N4O2S/c1-21-6-2-16(3-7-21)23-8-4-19(24,5-9-23)17-15-26-18(20-17)14-22-10-12-25-13-11-22/h15-16,24H,2-14H2,1H3. The smallest absolute Gasteiger partial charge is 0.110 e. The molecule has 4 rings (SSSR count).